The molecule has 1 aromatic carbocycles. The SMILES string of the molecule is CC(C)(C)OC(=O)N1C[C@H](CCCB2OC(C)(C)C(C)(C)O2)[C@H](C(=O)OCc2ccccc2)C1. The van der Waals surface area contributed by atoms with Crippen molar-refractivity contribution in [2.24, 2.45) is 11.8 Å². The van der Waals surface area contributed by atoms with E-state index < -0.39 is 5.60 Å². The molecule has 3 rings (SSSR count). The van der Waals surface area contributed by atoms with Crippen molar-refractivity contribution in [2.75, 3.05) is 13.1 Å². The zero-order valence-electron chi connectivity index (χ0n) is 21.8. The number of carbonyl (C=O) groups excluding carboxylic acids is 2. The fourth-order valence-corrected chi connectivity index (χ4v) is 4.37. The van der Waals surface area contributed by atoms with Crippen LogP contribution in [0.25, 0.3) is 0 Å². The number of esters is 1. The Labute approximate surface area is 204 Å². The standard InChI is InChI=1S/C26H40BNO6/c1-24(2,3)32-23(30)28-16-20(14-11-15-27-33-25(4,5)26(6,7)34-27)21(17-28)22(29)31-18-19-12-9-8-10-13-19/h8-10,12-13,20-21H,11,14-18H2,1-7H3/t20-,21+/m0/s1. The van der Waals surface area contributed by atoms with E-state index >= 15 is 0 Å². The molecule has 1 aromatic rings. The van der Waals surface area contributed by atoms with Crippen LogP contribution in [0.15, 0.2) is 30.3 Å². The molecule has 2 saturated heterocycles. The van der Waals surface area contributed by atoms with Crippen LogP contribution in [-0.4, -0.2) is 54.0 Å². The molecule has 34 heavy (non-hydrogen) atoms. The molecule has 188 valence electrons. The lowest BCUT2D eigenvalue weighted by molar-refractivity contribution is -0.150. The molecule has 0 aromatic heterocycles. The molecule has 0 unspecified atom stereocenters. The third-order valence-corrected chi connectivity index (χ3v) is 6.94. The molecule has 0 bridgehead atoms. The van der Waals surface area contributed by atoms with E-state index in [1.807, 2.05) is 78.8 Å². The molecule has 2 fully saturated rings. The van der Waals surface area contributed by atoms with E-state index in [2.05, 4.69) is 0 Å². The second kappa shape index (κ2) is 10.3. The van der Waals surface area contributed by atoms with Gasteiger partial charge in [-0.25, -0.2) is 4.79 Å². The predicted molar refractivity (Wildman–Crippen MR) is 131 cm³/mol. The molecule has 0 saturated carbocycles. The van der Waals surface area contributed by atoms with E-state index in [1.165, 1.54) is 0 Å². The first-order valence-corrected chi connectivity index (χ1v) is 12.3. The maximum atomic E-state index is 13.0. The Morgan fingerprint density at radius 2 is 1.68 bits per heavy atom. The second-order valence-corrected chi connectivity index (χ2v) is 11.5. The minimum atomic E-state index is -0.588. The van der Waals surface area contributed by atoms with Gasteiger partial charge in [0.1, 0.15) is 12.2 Å². The van der Waals surface area contributed by atoms with Crippen LogP contribution in [0.2, 0.25) is 6.32 Å². The molecule has 2 aliphatic rings. The lowest BCUT2D eigenvalue weighted by Gasteiger charge is -2.32. The number of rotatable bonds is 7. The molecule has 0 N–H and O–H groups in total. The van der Waals surface area contributed by atoms with Crippen molar-refractivity contribution in [3.8, 4) is 0 Å². The topological polar surface area (TPSA) is 74.3 Å². The summed E-state index contributed by atoms with van der Waals surface area (Å²) in [6, 6.07) is 9.62. The van der Waals surface area contributed by atoms with Crippen molar-refractivity contribution >= 4 is 19.2 Å². The molecule has 0 spiro atoms. The summed E-state index contributed by atoms with van der Waals surface area (Å²) in [4.78, 5) is 27.4. The summed E-state index contributed by atoms with van der Waals surface area (Å²) < 4.78 is 23.4. The maximum Gasteiger partial charge on any atom is 0.457 e. The number of nitrogens with zero attached hydrogens (tertiary/aromatic N) is 1. The summed E-state index contributed by atoms with van der Waals surface area (Å²) in [5, 5.41) is 0. The van der Waals surface area contributed by atoms with Gasteiger partial charge in [0.05, 0.1) is 17.1 Å². The molecule has 7 nitrogen and oxygen atoms in total. The lowest BCUT2D eigenvalue weighted by Crippen LogP contribution is -2.41. The highest BCUT2D eigenvalue weighted by molar-refractivity contribution is 6.45. The van der Waals surface area contributed by atoms with Gasteiger partial charge in [0.2, 0.25) is 0 Å². The largest absolute Gasteiger partial charge is 0.461 e. The summed E-state index contributed by atoms with van der Waals surface area (Å²) in [6.07, 6.45) is 1.95. The van der Waals surface area contributed by atoms with Crippen LogP contribution in [0.4, 0.5) is 4.79 Å². The number of ether oxygens (including phenoxy) is 2. The van der Waals surface area contributed by atoms with Gasteiger partial charge in [0, 0.05) is 13.1 Å². The third kappa shape index (κ3) is 6.75. The van der Waals surface area contributed by atoms with Gasteiger partial charge in [-0.1, -0.05) is 36.8 Å². The van der Waals surface area contributed by atoms with Crippen molar-refractivity contribution in [1.29, 1.82) is 0 Å². The smallest absolute Gasteiger partial charge is 0.457 e. The van der Waals surface area contributed by atoms with Gasteiger partial charge in [-0.05, 0) is 72.7 Å². The molecule has 2 aliphatic heterocycles. The number of benzene rings is 1. The average molecular weight is 473 g/mol. The Bertz CT molecular complexity index is 835. The Morgan fingerprint density at radius 1 is 1.06 bits per heavy atom. The Balaban J connectivity index is 1.60. The molecular weight excluding hydrogens is 433 g/mol. The van der Waals surface area contributed by atoms with Crippen molar-refractivity contribution < 1.29 is 28.4 Å². The number of likely N-dealkylation sites (tertiary alicyclic amines) is 1. The van der Waals surface area contributed by atoms with Gasteiger partial charge in [-0.3, -0.25) is 4.79 Å². The quantitative estimate of drug-likeness (QED) is 0.406. The van der Waals surface area contributed by atoms with Gasteiger partial charge in [-0.15, -0.1) is 0 Å². The van der Waals surface area contributed by atoms with Crippen LogP contribution in [0.3, 0.4) is 0 Å². The molecule has 0 aliphatic carbocycles. The molecule has 2 heterocycles. The van der Waals surface area contributed by atoms with Crippen LogP contribution < -0.4 is 0 Å². The fraction of sp³-hybridized carbons (Fsp3) is 0.692. The Kier molecular flexibility index (Phi) is 8.03. The number of hydrogen-bond donors (Lipinski definition) is 0. The highest BCUT2D eigenvalue weighted by Gasteiger charge is 2.50. The second-order valence-electron chi connectivity index (χ2n) is 11.5. The van der Waals surface area contributed by atoms with Gasteiger partial charge >= 0.3 is 19.2 Å². The zero-order valence-corrected chi connectivity index (χ0v) is 21.8. The summed E-state index contributed by atoms with van der Waals surface area (Å²) in [6.45, 7) is 14.7. The van der Waals surface area contributed by atoms with Crippen LogP contribution >= 0.6 is 0 Å². The third-order valence-electron chi connectivity index (χ3n) is 6.94. The van der Waals surface area contributed by atoms with E-state index in [-0.39, 0.29) is 48.8 Å². The first kappa shape index (κ1) is 26.5. The lowest BCUT2D eigenvalue weighted by atomic mass is 9.79. The molecule has 8 heteroatoms. The van der Waals surface area contributed by atoms with Crippen molar-refractivity contribution in [2.45, 2.75) is 91.0 Å². The number of amides is 1. The Morgan fingerprint density at radius 3 is 2.26 bits per heavy atom. The minimum absolute atomic E-state index is 0.00165. The van der Waals surface area contributed by atoms with E-state index in [1.54, 1.807) is 4.90 Å². The van der Waals surface area contributed by atoms with E-state index in [0.717, 1.165) is 24.7 Å². The monoisotopic (exact) mass is 473 g/mol. The highest BCUT2D eigenvalue weighted by atomic mass is 16.7. The van der Waals surface area contributed by atoms with E-state index in [0.29, 0.717) is 13.1 Å². The van der Waals surface area contributed by atoms with E-state index in [4.69, 9.17) is 18.8 Å². The molecule has 0 radical (unpaired) electrons. The molecule has 2 atom stereocenters. The van der Waals surface area contributed by atoms with Gasteiger partial charge < -0.3 is 23.7 Å². The Hall–Kier alpha value is -2.06. The van der Waals surface area contributed by atoms with Crippen LogP contribution in [0.1, 0.15) is 66.9 Å². The minimum Gasteiger partial charge on any atom is -0.461 e. The number of hydrogen-bond acceptors (Lipinski definition) is 6. The summed E-state index contributed by atoms with van der Waals surface area (Å²) in [5.74, 6) is -0.650. The first-order chi connectivity index (χ1) is 15.8. The summed E-state index contributed by atoms with van der Waals surface area (Å²) in [5.41, 5.74) is -0.366. The normalized spacial score (nSPS) is 23.7. The van der Waals surface area contributed by atoms with Gasteiger partial charge in [-0.2, -0.15) is 0 Å². The molecule has 1 amide bonds. The van der Waals surface area contributed by atoms with Gasteiger partial charge in [0.15, 0.2) is 0 Å². The van der Waals surface area contributed by atoms with Crippen molar-refractivity contribution in [1.82, 2.24) is 4.90 Å². The first-order valence-electron chi connectivity index (χ1n) is 12.3. The van der Waals surface area contributed by atoms with Crippen LogP contribution in [0, 0.1) is 11.8 Å². The zero-order chi connectivity index (χ0) is 25.1. The van der Waals surface area contributed by atoms with Crippen LogP contribution in [-0.2, 0) is 30.2 Å². The predicted octanol–water partition coefficient (Wildman–Crippen LogP) is 5.09. The number of carbonyl (C=O) groups is 2. The van der Waals surface area contributed by atoms with Crippen molar-refractivity contribution in [3.05, 3.63) is 35.9 Å². The fourth-order valence-electron chi connectivity index (χ4n) is 4.37. The summed E-state index contributed by atoms with van der Waals surface area (Å²) >= 11 is 0. The molecular formula is C26H40BNO6. The van der Waals surface area contributed by atoms with E-state index in [9.17, 15) is 9.59 Å². The summed E-state index contributed by atoms with van der Waals surface area (Å²) in [7, 11) is -0.267. The average Bonchev–Trinajstić information content (AvgIpc) is 3.23. The highest BCUT2D eigenvalue weighted by Crippen LogP contribution is 2.39. The van der Waals surface area contributed by atoms with Crippen molar-refractivity contribution in [3.63, 3.8) is 0 Å². The van der Waals surface area contributed by atoms with Crippen LogP contribution in [0.5, 0.6) is 0 Å². The van der Waals surface area contributed by atoms with Gasteiger partial charge in [0.25, 0.3) is 0 Å². The maximum absolute atomic E-state index is 13.0.